The van der Waals surface area contributed by atoms with Gasteiger partial charge in [0.1, 0.15) is 5.82 Å². The number of halogens is 1. The molecule has 2 nitrogen and oxygen atoms in total. The van der Waals surface area contributed by atoms with E-state index in [1.54, 1.807) is 6.07 Å². The molecular weight excluding hydrogens is 241 g/mol. The molecule has 0 spiro atoms. The maximum Gasteiger partial charge on any atom is 0.123 e. The van der Waals surface area contributed by atoms with Crippen molar-refractivity contribution in [1.29, 1.82) is 0 Å². The van der Waals surface area contributed by atoms with E-state index >= 15 is 0 Å². The summed E-state index contributed by atoms with van der Waals surface area (Å²) in [5.74, 6) is 0.499. The van der Waals surface area contributed by atoms with Gasteiger partial charge in [-0.2, -0.15) is 0 Å². The highest BCUT2D eigenvalue weighted by Crippen LogP contribution is 2.23. The van der Waals surface area contributed by atoms with Crippen molar-refractivity contribution >= 4 is 0 Å². The van der Waals surface area contributed by atoms with Crippen molar-refractivity contribution in [1.82, 2.24) is 5.32 Å². The van der Waals surface area contributed by atoms with Gasteiger partial charge >= 0.3 is 0 Å². The fourth-order valence-electron chi connectivity index (χ4n) is 2.88. The number of benzene rings is 1. The van der Waals surface area contributed by atoms with Gasteiger partial charge in [0, 0.05) is 19.3 Å². The summed E-state index contributed by atoms with van der Waals surface area (Å²) in [7, 11) is 0. The second-order valence-electron chi connectivity index (χ2n) is 5.39. The topological polar surface area (TPSA) is 21.3 Å². The van der Waals surface area contributed by atoms with Gasteiger partial charge in [-0.05, 0) is 61.9 Å². The van der Waals surface area contributed by atoms with Crippen LogP contribution in [0.3, 0.4) is 0 Å². The molecule has 1 aliphatic heterocycles. The minimum atomic E-state index is -0.136. The fraction of sp³-hybridized carbons (Fsp3) is 0.625. The zero-order valence-corrected chi connectivity index (χ0v) is 11.9. The number of ether oxygens (including phenoxy) is 1. The zero-order chi connectivity index (χ0) is 13.7. The molecule has 1 N–H and O–H groups in total. The van der Waals surface area contributed by atoms with Crippen molar-refractivity contribution in [2.75, 3.05) is 19.8 Å². The lowest BCUT2D eigenvalue weighted by molar-refractivity contribution is 0.0539. The van der Waals surface area contributed by atoms with Gasteiger partial charge in [0.15, 0.2) is 0 Å². The van der Waals surface area contributed by atoms with Crippen molar-refractivity contribution in [2.45, 2.75) is 39.2 Å². The predicted molar refractivity (Wildman–Crippen MR) is 75.8 cm³/mol. The van der Waals surface area contributed by atoms with Gasteiger partial charge < -0.3 is 10.1 Å². The molecule has 2 rings (SSSR count). The summed E-state index contributed by atoms with van der Waals surface area (Å²) in [5, 5.41) is 3.57. The van der Waals surface area contributed by atoms with Crippen molar-refractivity contribution in [2.24, 2.45) is 5.92 Å². The van der Waals surface area contributed by atoms with Gasteiger partial charge in [-0.15, -0.1) is 0 Å². The van der Waals surface area contributed by atoms with Crippen LogP contribution >= 0.6 is 0 Å². The summed E-state index contributed by atoms with van der Waals surface area (Å²) in [6.07, 6.45) is 3.11. The Balaban J connectivity index is 2.08. The summed E-state index contributed by atoms with van der Waals surface area (Å²) in [6.45, 7) is 6.85. The van der Waals surface area contributed by atoms with Crippen molar-refractivity contribution in [3.05, 3.63) is 35.1 Å². The van der Waals surface area contributed by atoms with E-state index in [2.05, 4.69) is 19.2 Å². The number of nitrogens with one attached hydrogen (secondary N) is 1. The molecule has 0 bridgehead atoms. The van der Waals surface area contributed by atoms with Crippen LogP contribution in [0, 0.1) is 18.7 Å². The summed E-state index contributed by atoms with van der Waals surface area (Å²) < 4.78 is 18.8. The van der Waals surface area contributed by atoms with Crippen LogP contribution in [0.15, 0.2) is 18.2 Å². The van der Waals surface area contributed by atoms with Crippen LogP contribution in [-0.4, -0.2) is 25.8 Å². The van der Waals surface area contributed by atoms with E-state index in [1.165, 1.54) is 11.6 Å². The molecule has 0 amide bonds. The van der Waals surface area contributed by atoms with E-state index in [-0.39, 0.29) is 5.82 Å². The van der Waals surface area contributed by atoms with E-state index in [0.717, 1.165) is 44.6 Å². The lowest BCUT2D eigenvalue weighted by atomic mass is 9.86. The third-order valence-corrected chi connectivity index (χ3v) is 4.05. The average Bonchev–Trinajstić information content (AvgIpc) is 2.43. The van der Waals surface area contributed by atoms with E-state index in [1.807, 2.05) is 6.07 Å². The first-order valence-corrected chi connectivity index (χ1v) is 7.27. The Hall–Kier alpha value is -0.930. The van der Waals surface area contributed by atoms with Crippen LogP contribution in [0.1, 0.15) is 30.9 Å². The largest absolute Gasteiger partial charge is 0.381 e. The number of hydrogen-bond donors (Lipinski definition) is 1. The van der Waals surface area contributed by atoms with Crippen molar-refractivity contribution in [3.63, 3.8) is 0 Å². The third-order valence-electron chi connectivity index (χ3n) is 4.05. The Labute approximate surface area is 115 Å². The Bertz CT molecular complexity index is 402. The highest BCUT2D eigenvalue weighted by Gasteiger charge is 2.24. The van der Waals surface area contributed by atoms with E-state index in [0.29, 0.717) is 12.0 Å². The SMILES string of the molecule is CCNC(Cc1cc(F)ccc1C)C1CCOCC1. The monoisotopic (exact) mass is 265 g/mol. The van der Waals surface area contributed by atoms with Crippen LogP contribution in [0.25, 0.3) is 0 Å². The fourth-order valence-corrected chi connectivity index (χ4v) is 2.88. The van der Waals surface area contributed by atoms with Gasteiger partial charge in [-0.25, -0.2) is 4.39 Å². The molecule has 1 aromatic carbocycles. The Morgan fingerprint density at radius 1 is 1.37 bits per heavy atom. The molecule has 0 aliphatic carbocycles. The molecule has 0 aromatic heterocycles. The lowest BCUT2D eigenvalue weighted by Gasteiger charge is -2.31. The first-order valence-electron chi connectivity index (χ1n) is 7.27. The highest BCUT2D eigenvalue weighted by atomic mass is 19.1. The molecular formula is C16H24FNO. The molecule has 106 valence electrons. The number of rotatable bonds is 5. The second kappa shape index (κ2) is 7.01. The van der Waals surface area contributed by atoms with E-state index in [4.69, 9.17) is 4.74 Å². The molecule has 1 heterocycles. The van der Waals surface area contributed by atoms with Crippen LogP contribution < -0.4 is 5.32 Å². The number of aryl methyl sites for hydroxylation is 1. The summed E-state index contributed by atoms with van der Waals surface area (Å²) >= 11 is 0. The summed E-state index contributed by atoms with van der Waals surface area (Å²) in [5.41, 5.74) is 2.30. The Morgan fingerprint density at radius 3 is 2.79 bits per heavy atom. The van der Waals surface area contributed by atoms with Crippen LogP contribution in [0.4, 0.5) is 4.39 Å². The molecule has 0 saturated carbocycles. The smallest absolute Gasteiger partial charge is 0.123 e. The van der Waals surface area contributed by atoms with Crippen LogP contribution in [0.5, 0.6) is 0 Å². The van der Waals surface area contributed by atoms with Gasteiger partial charge in [-0.3, -0.25) is 0 Å². The van der Waals surface area contributed by atoms with Gasteiger partial charge in [0.2, 0.25) is 0 Å². The minimum absolute atomic E-state index is 0.136. The predicted octanol–water partition coefficient (Wildman–Crippen LogP) is 3.08. The standard InChI is InChI=1S/C16H24FNO/c1-3-18-16(13-6-8-19-9-7-13)11-14-10-15(17)5-4-12(14)2/h4-5,10,13,16,18H,3,6-9,11H2,1-2H3. The molecule has 1 aliphatic rings. The quantitative estimate of drug-likeness (QED) is 0.883. The van der Waals surface area contributed by atoms with Gasteiger partial charge in [0.25, 0.3) is 0 Å². The first-order chi connectivity index (χ1) is 9.20. The van der Waals surface area contributed by atoms with E-state index in [9.17, 15) is 4.39 Å². The normalized spacial score (nSPS) is 18.5. The molecule has 19 heavy (non-hydrogen) atoms. The Morgan fingerprint density at radius 2 is 2.11 bits per heavy atom. The van der Waals surface area contributed by atoms with Crippen molar-refractivity contribution < 1.29 is 9.13 Å². The van der Waals surface area contributed by atoms with Crippen LogP contribution in [0.2, 0.25) is 0 Å². The molecule has 1 saturated heterocycles. The maximum absolute atomic E-state index is 13.4. The zero-order valence-electron chi connectivity index (χ0n) is 11.9. The molecule has 0 radical (unpaired) electrons. The number of hydrogen-bond acceptors (Lipinski definition) is 2. The average molecular weight is 265 g/mol. The molecule has 1 aromatic rings. The van der Waals surface area contributed by atoms with Gasteiger partial charge in [0.05, 0.1) is 0 Å². The highest BCUT2D eigenvalue weighted by molar-refractivity contribution is 5.27. The summed E-state index contributed by atoms with van der Waals surface area (Å²) in [6, 6.07) is 5.51. The van der Waals surface area contributed by atoms with E-state index < -0.39 is 0 Å². The summed E-state index contributed by atoms with van der Waals surface area (Å²) in [4.78, 5) is 0. The molecule has 1 fully saturated rings. The maximum atomic E-state index is 13.4. The molecule has 1 atom stereocenters. The lowest BCUT2D eigenvalue weighted by Crippen LogP contribution is -2.40. The van der Waals surface area contributed by atoms with Crippen molar-refractivity contribution in [3.8, 4) is 0 Å². The Kier molecular flexibility index (Phi) is 5.34. The van der Waals surface area contributed by atoms with Gasteiger partial charge in [-0.1, -0.05) is 13.0 Å². The second-order valence-corrected chi connectivity index (χ2v) is 5.39. The van der Waals surface area contributed by atoms with Crippen LogP contribution in [-0.2, 0) is 11.2 Å². The molecule has 1 unspecified atom stereocenters. The third kappa shape index (κ3) is 4.02. The minimum Gasteiger partial charge on any atom is -0.381 e. The first kappa shape index (κ1) is 14.5. The molecule has 3 heteroatoms. The number of likely N-dealkylation sites (N-methyl/N-ethyl adjacent to an activating group) is 1.